The fourth-order valence-electron chi connectivity index (χ4n) is 4.45. The minimum absolute atomic E-state index is 0.00776. The number of nitrogens with one attached hydrogen (secondary N) is 1. The van der Waals surface area contributed by atoms with Gasteiger partial charge in [-0.2, -0.15) is 8.42 Å². The van der Waals surface area contributed by atoms with Crippen LogP contribution in [0.15, 0.2) is 53.6 Å². The first kappa shape index (κ1) is 27.3. The Morgan fingerprint density at radius 3 is 2.50 bits per heavy atom. The lowest BCUT2D eigenvalue weighted by Crippen LogP contribution is -2.37. The van der Waals surface area contributed by atoms with Gasteiger partial charge in [0, 0.05) is 17.6 Å². The van der Waals surface area contributed by atoms with Crippen LogP contribution >= 0.6 is 0 Å². The SMILES string of the molecule is CC(C)COc1ccc(F)c(-c2ccc(C(=O)NS(=O)(=O)c3cccc(N)n3)c(N3[C@H](C)CC[C@@H]3C)n2)c1. The molecule has 1 saturated heterocycles. The lowest BCUT2D eigenvalue weighted by Gasteiger charge is -2.29. The summed E-state index contributed by atoms with van der Waals surface area (Å²) >= 11 is 0. The summed E-state index contributed by atoms with van der Waals surface area (Å²) in [6.07, 6.45) is 1.74. The Kier molecular flexibility index (Phi) is 7.86. The van der Waals surface area contributed by atoms with Crippen LogP contribution in [0.5, 0.6) is 5.75 Å². The van der Waals surface area contributed by atoms with Gasteiger partial charge >= 0.3 is 0 Å². The molecule has 3 heterocycles. The van der Waals surface area contributed by atoms with Crippen molar-refractivity contribution in [2.24, 2.45) is 5.92 Å². The van der Waals surface area contributed by atoms with E-state index in [-0.39, 0.29) is 39.9 Å². The molecule has 0 unspecified atom stereocenters. The van der Waals surface area contributed by atoms with E-state index >= 15 is 0 Å². The maximum Gasteiger partial charge on any atom is 0.281 e. The zero-order valence-electron chi connectivity index (χ0n) is 21.8. The summed E-state index contributed by atoms with van der Waals surface area (Å²) in [5.74, 6) is -0.277. The summed E-state index contributed by atoms with van der Waals surface area (Å²) in [5, 5.41) is -0.375. The lowest BCUT2D eigenvalue weighted by atomic mass is 10.1. The number of nitrogens with zero attached hydrogens (tertiary/aromatic N) is 3. The van der Waals surface area contributed by atoms with Gasteiger partial charge in [0.05, 0.1) is 17.9 Å². The van der Waals surface area contributed by atoms with Crippen molar-refractivity contribution in [1.29, 1.82) is 0 Å². The Balaban J connectivity index is 1.75. The number of nitrogen functional groups attached to an aromatic ring is 1. The number of pyridine rings is 2. The molecule has 3 aromatic rings. The number of hydrogen-bond donors (Lipinski definition) is 2. The third-order valence-corrected chi connectivity index (χ3v) is 7.59. The predicted molar refractivity (Wildman–Crippen MR) is 144 cm³/mol. The molecule has 0 radical (unpaired) electrons. The molecule has 11 heteroatoms. The molecule has 9 nitrogen and oxygen atoms in total. The lowest BCUT2D eigenvalue weighted by molar-refractivity contribution is 0.0981. The van der Waals surface area contributed by atoms with E-state index in [9.17, 15) is 17.6 Å². The summed E-state index contributed by atoms with van der Waals surface area (Å²) < 4.78 is 48.5. The third kappa shape index (κ3) is 5.88. The fourth-order valence-corrected chi connectivity index (χ4v) is 5.39. The third-order valence-electron chi connectivity index (χ3n) is 6.36. The van der Waals surface area contributed by atoms with Gasteiger partial charge in [-0.15, -0.1) is 0 Å². The number of benzene rings is 1. The summed E-state index contributed by atoms with van der Waals surface area (Å²) in [6, 6.07) is 11.6. The van der Waals surface area contributed by atoms with Gasteiger partial charge in [0.25, 0.3) is 15.9 Å². The molecule has 2 atom stereocenters. The van der Waals surface area contributed by atoms with E-state index in [4.69, 9.17) is 15.5 Å². The minimum atomic E-state index is -4.30. The summed E-state index contributed by atoms with van der Waals surface area (Å²) in [7, 11) is -4.30. The smallest absolute Gasteiger partial charge is 0.281 e. The van der Waals surface area contributed by atoms with Crippen molar-refractivity contribution < 1.29 is 22.3 Å². The van der Waals surface area contributed by atoms with E-state index in [2.05, 4.69) is 9.71 Å². The van der Waals surface area contributed by atoms with E-state index in [1.165, 1.54) is 36.4 Å². The highest BCUT2D eigenvalue weighted by Gasteiger charge is 2.33. The molecule has 1 aliphatic rings. The van der Waals surface area contributed by atoms with Crippen LogP contribution in [0.2, 0.25) is 0 Å². The first-order valence-electron chi connectivity index (χ1n) is 12.5. The van der Waals surface area contributed by atoms with Crippen molar-refractivity contribution in [3.05, 3.63) is 59.9 Å². The van der Waals surface area contributed by atoms with Gasteiger partial charge < -0.3 is 15.4 Å². The summed E-state index contributed by atoms with van der Waals surface area (Å²) in [5.41, 5.74) is 6.19. The molecule has 2 aromatic heterocycles. The van der Waals surface area contributed by atoms with E-state index in [0.717, 1.165) is 12.8 Å². The molecule has 0 spiro atoms. The molecule has 0 bridgehead atoms. The minimum Gasteiger partial charge on any atom is -0.493 e. The molecule has 0 aliphatic carbocycles. The van der Waals surface area contributed by atoms with Crippen LogP contribution in [0, 0.1) is 11.7 Å². The zero-order valence-corrected chi connectivity index (χ0v) is 22.6. The Hall–Kier alpha value is -3.73. The molecule has 4 rings (SSSR count). The Morgan fingerprint density at radius 2 is 1.84 bits per heavy atom. The molecule has 202 valence electrons. The molecule has 1 amide bonds. The van der Waals surface area contributed by atoms with Crippen molar-refractivity contribution in [1.82, 2.24) is 14.7 Å². The van der Waals surface area contributed by atoms with Crippen LogP contribution < -0.4 is 20.1 Å². The quantitative estimate of drug-likeness (QED) is 0.430. The largest absolute Gasteiger partial charge is 0.493 e. The summed E-state index contributed by atoms with van der Waals surface area (Å²) in [4.78, 5) is 23.8. The number of carbonyl (C=O) groups excluding carboxylic acids is 1. The predicted octanol–water partition coefficient (Wildman–Crippen LogP) is 4.40. The maximum absolute atomic E-state index is 14.9. The molecule has 1 fully saturated rings. The van der Waals surface area contributed by atoms with E-state index in [1.807, 2.05) is 32.6 Å². The number of anilines is 2. The molecular weight excluding hydrogens is 509 g/mol. The van der Waals surface area contributed by atoms with Crippen molar-refractivity contribution in [3.8, 4) is 17.0 Å². The normalized spacial score (nSPS) is 17.6. The number of hydrogen-bond acceptors (Lipinski definition) is 8. The number of rotatable bonds is 8. The second kappa shape index (κ2) is 10.9. The Morgan fingerprint density at radius 1 is 1.13 bits per heavy atom. The van der Waals surface area contributed by atoms with Crippen molar-refractivity contribution in [2.45, 2.75) is 57.6 Å². The van der Waals surface area contributed by atoms with Crippen LogP contribution in [0.3, 0.4) is 0 Å². The van der Waals surface area contributed by atoms with E-state index < -0.39 is 21.7 Å². The van der Waals surface area contributed by atoms with Crippen molar-refractivity contribution in [3.63, 3.8) is 0 Å². The number of amides is 1. The second-order valence-electron chi connectivity index (χ2n) is 9.93. The number of aromatic nitrogens is 2. The highest BCUT2D eigenvalue weighted by molar-refractivity contribution is 7.90. The van der Waals surface area contributed by atoms with Crippen molar-refractivity contribution >= 4 is 27.6 Å². The number of halogens is 1. The average molecular weight is 542 g/mol. The molecule has 1 aliphatic heterocycles. The molecular formula is C27H32FN5O4S. The first-order valence-corrected chi connectivity index (χ1v) is 14.0. The van der Waals surface area contributed by atoms with E-state index in [0.29, 0.717) is 24.0 Å². The first-order chi connectivity index (χ1) is 18.0. The number of carbonyl (C=O) groups is 1. The van der Waals surface area contributed by atoms with Crippen molar-refractivity contribution in [2.75, 3.05) is 17.2 Å². The van der Waals surface area contributed by atoms with Gasteiger partial charge in [0.1, 0.15) is 23.2 Å². The summed E-state index contributed by atoms with van der Waals surface area (Å²) in [6.45, 7) is 8.52. The fraction of sp³-hybridized carbons (Fsp3) is 0.370. The molecule has 38 heavy (non-hydrogen) atoms. The Labute approximate surface area is 222 Å². The highest BCUT2D eigenvalue weighted by Crippen LogP contribution is 2.35. The van der Waals surface area contributed by atoms with Gasteiger partial charge in [-0.1, -0.05) is 19.9 Å². The number of ether oxygens (including phenoxy) is 1. The van der Waals surface area contributed by atoms with Gasteiger partial charge in [-0.3, -0.25) is 4.79 Å². The van der Waals surface area contributed by atoms with Crippen LogP contribution in [0.4, 0.5) is 16.0 Å². The van der Waals surface area contributed by atoms with Crippen LogP contribution in [0.25, 0.3) is 11.3 Å². The van der Waals surface area contributed by atoms with Gasteiger partial charge in [0.15, 0.2) is 5.03 Å². The topological polar surface area (TPSA) is 128 Å². The van der Waals surface area contributed by atoms with Crippen LogP contribution in [-0.2, 0) is 10.0 Å². The monoisotopic (exact) mass is 541 g/mol. The van der Waals surface area contributed by atoms with Gasteiger partial charge in [-0.05, 0) is 75.1 Å². The molecule has 3 N–H and O–H groups in total. The standard InChI is InChI=1S/C27H32FN5O4S/c1-16(2)15-37-19-10-12-22(28)21(14-19)23-13-11-20(26(30-23)33-17(3)8-9-18(33)4)27(34)32-38(35,36)25-7-5-6-24(29)31-25/h5-7,10-14,16-18H,8-9,15H2,1-4H3,(H2,29,31)(H,32,34)/t17-,18+. The number of nitrogens with two attached hydrogens (primary N) is 1. The van der Waals surface area contributed by atoms with Gasteiger partial charge in [-0.25, -0.2) is 19.1 Å². The number of sulfonamides is 1. The van der Waals surface area contributed by atoms with Crippen LogP contribution in [0.1, 0.15) is 50.9 Å². The van der Waals surface area contributed by atoms with E-state index in [1.54, 1.807) is 12.1 Å². The Bertz CT molecular complexity index is 1440. The zero-order chi connectivity index (χ0) is 27.6. The molecule has 1 aromatic carbocycles. The molecule has 0 saturated carbocycles. The van der Waals surface area contributed by atoms with Gasteiger partial charge in [0.2, 0.25) is 0 Å². The van der Waals surface area contributed by atoms with Crippen LogP contribution in [-0.4, -0.2) is 43.0 Å². The maximum atomic E-state index is 14.9. The second-order valence-corrected chi connectivity index (χ2v) is 11.6. The highest BCUT2D eigenvalue weighted by atomic mass is 32.2. The average Bonchev–Trinajstić information content (AvgIpc) is 3.20.